The number of halogens is 4. The SMILES string of the molecule is CN=C(NCCCCC(F)(F)F)NCc1ccc(C)cc1OCC1CCCO1.I. The van der Waals surface area contributed by atoms with Crippen LogP contribution in [0.3, 0.4) is 0 Å². The molecule has 0 saturated carbocycles. The van der Waals surface area contributed by atoms with Gasteiger partial charge in [-0.3, -0.25) is 4.99 Å². The van der Waals surface area contributed by atoms with E-state index in [0.717, 1.165) is 36.3 Å². The highest BCUT2D eigenvalue weighted by molar-refractivity contribution is 14.0. The fourth-order valence-electron chi connectivity index (χ4n) is 2.96. The van der Waals surface area contributed by atoms with Crippen molar-refractivity contribution in [2.75, 3.05) is 26.8 Å². The van der Waals surface area contributed by atoms with Gasteiger partial charge in [-0.1, -0.05) is 12.1 Å². The van der Waals surface area contributed by atoms with Gasteiger partial charge in [-0.05, 0) is 44.2 Å². The van der Waals surface area contributed by atoms with Crippen LogP contribution in [-0.2, 0) is 11.3 Å². The molecule has 0 amide bonds. The Bertz CT molecular complexity index is 636. The van der Waals surface area contributed by atoms with E-state index in [9.17, 15) is 13.2 Å². The number of guanidine groups is 1. The lowest BCUT2D eigenvalue weighted by Gasteiger charge is -2.17. The molecule has 0 aromatic heterocycles. The first-order valence-electron chi connectivity index (χ1n) is 9.72. The summed E-state index contributed by atoms with van der Waals surface area (Å²) in [5, 5.41) is 6.23. The largest absolute Gasteiger partial charge is 0.491 e. The zero-order valence-electron chi connectivity index (χ0n) is 17.0. The zero-order valence-corrected chi connectivity index (χ0v) is 19.3. The monoisotopic (exact) mass is 529 g/mol. The summed E-state index contributed by atoms with van der Waals surface area (Å²) in [7, 11) is 1.63. The molecule has 0 spiro atoms. The second-order valence-corrected chi connectivity index (χ2v) is 6.98. The molecule has 5 nitrogen and oxygen atoms in total. The molecule has 0 bridgehead atoms. The Hall–Kier alpha value is -1.23. The van der Waals surface area contributed by atoms with Crippen molar-refractivity contribution in [1.29, 1.82) is 0 Å². The summed E-state index contributed by atoms with van der Waals surface area (Å²) in [4.78, 5) is 4.12. The lowest BCUT2D eigenvalue weighted by molar-refractivity contribution is -0.135. The van der Waals surface area contributed by atoms with Crippen LogP contribution in [0.25, 0.3) is 0 Å². The number of rotatable bonds is 9. The number of alkyl halides is 3. The highest BCUT2D eigenvalue weighted by Gasteiger charge is 2.25. The van der Waals surface area contributed by atoms with Gasteiger partial charge in [-0.2, -0.15) is 13.2 Å². The zero-order chi connectivity index (χ0) is 20.4. The van der Waals surface area contributed by atoms with Crippen LogP contribution in [0.5, 0.6) is 5.75 Å². The van der Waals surface area contributed by atoms with E-state index in [2.05, 4.69) is 15.6 Å². The average Bonchev–Trinajstić information content (AvgIpc) is 3.16. The van der Waals surface area contributed by atoms with Crippen LogP contribution in [0.15, 0.2) is 23.2 Å². The van der Waals surface area contributed by atoms with Crippen LogP contribution in [0.1, 0.15) is 43.2 Å². The van der Waals surface area contributed by atoms with E-state index >= 15 is 0 Å². The van der Waals surface area contributed by atoms with Gasteiger partial charge in [0.05, 0.1) is 6.10 Å². The molecule has 1 saturated heterocycles. The molecule has 1 aliphatic rings. The van der Waals surface area contributed by atoms with E-state index in [-0.39, 0.29) is 36.5 Å². The van der Waals surface area contributed by atoms with Crippen molar-refractivity contribution in [3.8, 4) is 5.75 Å². The Morgan fingerprint density at radius 3 is 2.72 bits per heavy atom. The van der Waals surface area contributed by atoms with E-state index in [1.54, 1.807) is 7.05 Å². The van der Waals surface area contributed by atoms with Crippen LogP contribution < -0.4 is 15.4 Å². The molecule has 9 heteroatoms. The van der Waals surface area contributed by atoms with Gasteiger partial charge in [0.1, 0.15) is 12.4 Å². The Labute approximate surface area is 187 Å². The number of nitrogens with zero attached hydrogens (tertiary/aromatic N) is 1. The average molecular weight is 529 g/mol. The Morgan fingerprint density at radius 1 is 1.28 bits per heavy atom. The van der Waals surface area contributed by atoms with Crippen molar-refractivity contribution < 1.29 is 22.6 Å². The molecule has 1 atom stereocenters. The van der Waals surface area contributed by atoms with Gasteiger partial charge < -0.3 is 20.1 Å². The molecule has 1 heterocycles. The molecule has 0 aliphatic carbocycles. The van der Waals surface area contributed by atoms with Crippen molar-refractivity contribution >= 4 is 29.9 Å². The molecule has 0 radical (unpaired) electrons. The minimum atomic E-state index is -4.09. The minimum absolute atomic E-state index is 0. The number of aryl methyl sites for hydroxylation is 1. The first-order chi connectivity index (χ1) is 13.4. The lowest BCUT2D eigenvalue weighted by atomic mass is 10.1. The first kappa shape index (κ1) is 25.8. The van der Waals surface area contributed by atoms with Crippen LogP contribution in [0.2, 0.25) is 0 Å². The summed E-state index contributed by atoms with van der Waals surface area (Å²) in [6.07, 6.45) is -2.08. The smallest absolute Gasteiger partial charge is 0.389 e. The molecule has 2 rings (SSSR count). The molecule has 1 aliphatic heterocycles. The minimum Gasteiger partial charge on any atom is -0.491 e. The summed E-state index contributed by atoms with van der Waals surface area (Å²) >= 11 is 0. The molecular weight excluding hydrogens is 498 g/mol. The number of ether oxygens (including phenoxy) is 2. The van der Waals surface area contributed by atoms with Crippen molar-refractivity contribution in [3.63, 3.8) is 0 Å². The normalized spacial score (nSPS) is 17.0. The fourth-order valence-corrected chi connectivity index (χ4v) is 2.96. The summed E-state index contributed by atoms with van der Waals surface area (Å²) in [6.45, 7) is 4.27. The Balaban J connectivity index is 0.00000420. The first-order valence-corrected chi connectivity index (χ1v) is 9.72. The third kappa shape index (κ3) is 10.4. The van der Waals surface area contributed by atoms with Crippen molar-refractivity contribution in [1.82, 2.24) is 10.6 Å². The van der Waals surface area contributed by atoms with E-state index in [4.69, 9.17) is 9.47 Å². The van der Waals surface area contributed by atoms with E-state index in [1.165, 1.54) is 0 Å². The summed E-state index contributed by atoms with van der Waals surface area (Å²) in [5.41, 5.74) is 2.10. The van der Waals surface area contributed by atoms with Gasteiger partial charge >= 0.3 is 6.18 Å². The lowest BCUT2D eigenvalue weighted by Crippen LogP contribution is -2.37. The number of unbranched alkanes of at least 4 members (excludes halogenated alkanes) is 1. The highest BCUT2D eigenvalue weighted by Crippen LogP contribution is 2.23. The van der Waals surface area contributed by atoms with Crippen LogP contribution in [0.4, 0.5) is 13.2 Å². The van der Waals surface area contributed by atoms with Crippen LogP contribution in [-0.4, -0.2) is 45.0 Å². The molecular formula is C20H31F3IN3O2. The quantitative estimate of drug-likeness (QED) is 0.213. The molecule has 1 aromatic carbocycles. The highest BCUT2D eigenvalue weighted by atomic mass is 127. The molecule has 29 heavy (non-hydrogen) atoms. The third-order valence-corrected chi connectivity index (χ3v) is 4.52. The fraction of sp³-hybridized carbons (Fsp3) is 0.650. The number of hydrogen-bond donors (Lipinski definition) is 2. The van der Waals surface area contributed by atoms with Crippen molar-refractivity contribution in [2.24, 2.45) is 4.99 Å². The van der Waals surface area contributed by atoms with Crippen LogP contribution in [0, 0.1) is 6.92 Å². The summed E-state index contributed by atoms with van der Waals surface area (Å²) in [5.74, 6) is 1.36. The number of nitrogens with one attached hydrogen (secondary N) is 2. The van der Waals surface area contributed by atoms with Gasteiger partial charge in [0, 0.05) is 38.7 Å². The molecule has 1 fully saturated rings. The van der Waals surface area contributed by atoms with Gasteiger partial charge in [-0.15, -0.1) is 24.0 Å². The number of aliphatic imine (C=N–C) groups is 1. The standard InChI is InChI=1S/C20H30F3N3O2.HI/c1-15-7-8-16(18(12-15)28-14-17-6-5-11-27-17)13-26-19(24-2)25-10-4-3-9-20(21,22)23;/h7-8,12,17H,3-6,9-11,13-14H2,1-2H3,(H2,24,25,26);1H. The summed E-state index contributed by atoms with van der Waals surface area (Å²) in [6, 6.07) is 6.02. The van der Waals surface area contributed by atoms with Gasteiger partial charge in [0.15, 0.2) is 5.96 Å². The second kappa shape index (κ2) is 13.1. The Morgan fingerprint density at radius 2 is 2.07 bits per heavy atom. The predicted octanol–water partition coefficient (Wildman–Crippen LogP) is 4.57. The van der Waals surface area contributed by atoms with Gasteiger partial charge in [-0.25, -0.2) is 0 Å². The molecule has 1 aromatic rings. The topological polar surface area (TPSA) is 54.9 Å². The maximum Gasteiger partial charge on any atom is 0.389 e. The third-order valence-electron chi connectivity index (χ3n) is 4.52. The van der Waals surface area contributed by atoms with Crippen LogP contribution >= 0.6 is 24.0 Å². The molecule has 2 N–H and O–H groups in total. The number of hydrogen-bond acceptors (Lipinski definition) is 3. The number of benzene rings is 1. The molecule has 166 valence electrons. The van der Waals surface area contributed by atoms with E-state index < -0.39 is 12.6 Å². The van der Waals surface area contributed by atoms with Gasteiger partial charge in [0.2, 0.25) is 0 Å². The maximum absolute atomic E-state index is 12.2. The maximum atomic E-state index is 12.2. The predicted molar refractivity (Wildman–Crippen MR) is 119 cm³/mol. The van der Waals surface area contributed by atoms with Crippen molar-refractivity contribution in [2.45, 2.75) is 57.9 Å². The van der Waals surface area contributed by atoms with E-state index in [0.29, 0.717) is 32.1 Å². The summed E-state index contributed by atoms with van der Waals surface area (Å²) < 4.78 is 48.1. The van der Waals surface area contributed by atoms with Gasteiger partial charge in [0.25, 0.3) is 0 Å². The van der Waals surface area contributed by atoms with Crippen molar-refractivity contribution in [3.05, 3.63) is 29.3 Å². The molecule has 1 unspecified atom stereocenters. The Kier molecular flexibility index (Phi) is 11.7. The second-order valence-electron chi connectivity index (χ2n) is 6.98. The van der Waals surface area contributed by atoms with E-state index in [1.807, 2.05) is 25.1 Å².